The summed E-state index contributed by atoms with van der Waals surface area (Å²) in [4.78, 5) is 15.9. The molecule has 0 radical (unpaired) electrons. The van der Waals surface area contributed by atoms with Gasteiger partial charge in [-0.3, -0.25) is 4.79 Å². The van der Waals surface area contributed by atoms with E-state index in [0.717, 1.165) is 16.5 Å². The minimum atomic E-state index is -4.35. The Morgan fingerprint density at radius 2 is 1.80 bits per heavy atom. The van der Waals surface area contributed by atoms with Crippen LogP contribution in [0.3, 0.4) is 0 Å². The number of piperazine rings is 1. The minimum absolute atomic E-state index is 0.0277. The van der Waals surface area contributed by atoms with Crippen molar-refractivity contribution in [2.24, 2.45) is 5.10 Å². The van der Waals surface area contributed by atoms with Crippen molar-refractivity contribution in [3.05, 3.63) is 65.7 Å². The molecule has 0 saturated carbocycles. The highest BCUT2D eigenvalue weighted by atomic mass is 19.4. The third kappa shape index (κ3) is 4.48. The SMILES string of the molecule is O=C(C[NH+]1CCN(c2cccc(C(F)(F)F)c2)CC1)N1N=CC[C@H]1c1ccccc1. The molecule has 1 amide bonds. The number of anilines is 1. The number of carbonyl (C=O) groups excluding carboxylic acids is 1. The fourth-order valence-corrected chi connectivity index (χ4v) is 4.04. The van der Waals surface area contributed by atoms with Crippen molar-refractivity contribution in [1.82, 2.24) is 5.01 Å². The zero-order valence-electron chi connectivity index (χ0n) is 16.5. The van der Waals surface area contributed by atoms with Crippen LogP contribution in [0.15, 0.2) is 59.7 Å². The van der Waals surface area contributed by atoms with Gasteiger partial charge < -0.3 is 9.80 Å². The molecule has 2 heterocycles. The topological polar surface area (TPSA) is 40.4 Å². The fraction of sp³-hybridized carbons (Fsp3) is 0.364. The van der Waals surface area contributed by atoms with E-state index in [1.807, 2.05) is 35.2 Å². The van der Waals surface area contributed by atoms with Gasteiger partial charge in [0.25, 0.3) is 5.91 Å². The molecule has 5 nitrogen and oxygen atoms in total. The van der Waals surface area contributed by atoms with Gasteiger partial charge in [0.2, 0.25) is 0 Å². The number of alkyl halides is 3. The molecule has 1 fully saturated rings. The van der Waals surface area contributed by atoms with Crippen molar-refractivity contribution in [3.63, 3.8) is 0 Å². The first kappa shape index (κ1) is 20.4. The van der Waals surface area contributed by atoms with Crippen LogP contribution in [0.4, 0.5) is 18.9 Å². The molecular weight excluding hydrogens is 393 g/mol. The number of quaternary nitrogens is 1. The third-order valence-electron chi connectivity index (χ3n) is 5.68. The van der Waals surface area contributed by atoms with E-state index < -0.39 is 11.7 Å². The number of benzene rings is 2. The highest BCUT2D eigenvalue weighted by molar-refractivity contribution is 5.80. The molecule has 1 N–H and O–H groups in total. The zero-order chi connectivity index (χ0) is 21.1. The lowest BCUT2D eigenvalue weighted by molar-refractivity contribution is -0.892. The molecule has 1 saturated heterocycles. The fourth-order valence-electron chi connectivity index (χ4n) is 4.04. The van der Waals surface area contributed by atoms with Crippen LogP contribution in [0.25, 0.3) is 0 Å². The van der Waals surface area contributed by atoms with Gasteiger partial charge in [0.1, 0.15) is 0 Å². The molecule has 8 heteroatoms. The summed E-state index contributed by atoms with van der Waals surface area (Å²) in [5.74, 6) is -0.0277. The number of hydrazone groups is 1. The highest BCUT2D eigenvalue weighted by Gasteiger charge is 2.33. The van der Waals surface area contributed by atoms with Crippen molar-refractivity contribution in [1.29, 1.82) is 0 Å². The summed E-state index contributed by atoms with van der Waals surface area (Å²) < 4.78 is 38.9. The number of nitrogens with one attached hydrogen (secondary N) is 1. The van der Waals surface area contributed by atoms with E-state index in [1.54, 1.807) is 17.3 Å². The standard InChI is InChI=1S/C22H23F3N4O/c23-22(24,25)18-7-4-8-19(15-18)28-13-11-27(12-14-28)16-21(30)29-20(9-10-26-29)17-5-2-1-3-6-17/h1-8,10,15,20H,9,11-14,16H2/p+1/t20-/m0/s1. The first-order valence-electron chi connectivity index (χ1n) is 10.1. The number of hydrogen-bond acceptors (Lipinski definition) is 3. The van der Waals surface area contributed by atoms with Crippen molar-refractivity contribution in [2.45, 2.75) is 18.6 Å². The Bertz CT molecular complexity index is 908. The van der Waals surface area contributed by atoms with Crippen molar-refractivity contribution in [2.75, 3.05) is 37.6 Å². The Balaban J connectivity index is 1.34. The second-order valence-corrected chi connectivity index (χ2v) is 7.66. The molecule has 4 rings (SSSR count). The molecule has 0 aliphatic carbocycles. The quantitative estimate of drug-likeness (QED) is 0.830. The lowest BCUT2D eigenvalue weighted by atomic mass is 10.0. The summed E-state index contributed by atoms with van der Waals surface area (Å²) in [6, 6.07) is 15.2. The van der Waals surface area contributed by atoms with Crippen LogP contribution < -0.4 is 9.80 Å². The van der Waals surface area contributed by atoms with E-state index in [9.17, 15) is 18.0 Å². The molecular formula is C22H24F3N4O+. The Labute approximate surface area is 173 Å². The van der Waals surface area contributed by atoms with Gasteiger partial charge in [-0.15, -0.1) is 0 Å². The van der Waals surface area contributed by atoms with Crippen LogP contribution in [0.2, 0.25) is 0 Å². The molecule has 1 atom stereocenters. The number of carbonyl (C=O) groups is 1. The van der Waals surface area contributed by atoms with Crippen molar-refractivity contribution >= 4 is 17.8 Å². The van der Waals surface area contributed by atoms with Gasteiger partial charge in [-0.1, -0.05) is 36.4 Å². The maximum Gasteiger partial charge on any atom is 0.416 e. The van der Waals surface area contributed by atoms with E-state index in [-0.39, 0.29) is 11.9 Å². The number of amides is 1. The summed E-state index contributed by atoms with van der Waals surface area (Å²) in [5.41, 5.74) is 1.00. The van der Waals surface area contributed by atoms with Crippen LogP contribution in [-0.4, -0.2) is 49.9 Å². The van der Waals surface area contributed by atoms with E-state index in [2.05, 4.69) is 5.10 Å². The summed E-state index contributed by atoms with van der Waals surface area (Å²) >= 11 is 0. The van der Waals surface area contributed by atoms with E-state index in [0.29, 0.717) is 44.8 Å². The van der Waals surface area contributed by atoms with Crippen LogP contribution >= 0.6 is 0 Å². The highest BCUT2D eigenvalue weighted by Crippen LogP contribution is 2.31. The monoisotopic (exact) mass is 417 g/mol. The number of rotatable bonds is 4. The molecule has 0 bridgehead atoms. The van der Waals surface area contributed by atoms with E-state index in [4.69, 9.17) is 0 Å². The summed E-state index contributed by atoms with van der Waals surface area (Å²) in [6.07, 6.45) is -1.87. The van der Waals surface area contributed by atoms with Gasteiger partial charge in [-0.25, -0.2) is 5.01 Å². The van der Waals surface area contributed by atoms with Crippen LogP contribution in [0, 0.1) is 0 Å². The average Bonchev–Trinajstić information content (AvgIpc) is 3.25. The summed E-state index contributed by atoms with van der Waals surface area (Å²) in [7, 11) is 0. The van der Waals surface area contributed by atoms with Crippen LogP contribution in [0.5, 0.6) is 0 Å². The Hall–Kier alpha value is -2.87. The molecule has 0 unspecified atom stereocenters. The Kier molecular flexibility index (Phi) is 5.76. The van der Waals surface area contributed by atoms with Gasteiger partial charge in [-0.2, -0.15) is 18.3 Å². The smallest absolute Gasteiger partial charge is 0.360 e. The predicted octanol–water partition coefficient (Wildman–Crippen LogP) is 2.37. The van der Waals surface area contributed by atoms with Gasteiger partial charge in [0.05, 0.1) is 37.8 Å². The van der Waals surface area contributed by atoms with Gasteiger partial charge in [-0.05, 0) is 23.8 Å². The van der Waals surface area contributed by atoms with Gasteiger partial charge in [0.15, 0.2) is 6.54 Å². The summed E-state index contributed by atoms with van der Waals surface area (Å²) in [6.45, 7) is 2.92. The largest absolute Gasteiger partial charge is 0.416 e. The second kappa shape index (κ2) is 8.47. The molecule has 2 aromatic rings. The molecule has 0 spiro atoms. The number of nitrogens with zero attached hydrogens (tertiary/aromatic N) is 3. The number of hydrogen-bond donors (Lipinski definition) is 1. The zero-order valence-corrected chi connectivity index (χ0v) is 16.5. The van der Waals surface area contributed by atoms with Crippen molar-refractivity contribution in [3.8, 4) is 0 Å². The van der Waals surface area contributed by atoms with Gasteiger partial charge >= 0.3 is 6.18 Å². The molecule has 30 heavy (non-hydrogen) atoms. The lowest BCUT2D eigenvalue weighted by Gasteiger charge is -2.34. The molecule has 2 aliphatic heterocycles. The lowest BCUT2D eigenvalue weighted by Crippen LogP contribution is -3.15. The van der Waals surface area contributed by atoms with Crippen LogP contribution in [-0.2, 0) is 11.0 Å². The Morgan fingerprint density at radius 1 is 1.07 bits per heavy atom. The second-order valence-electron chi connectivity index (χ2n) is 7.66. The van der Waals surface area contributed by atoms with Gasteiger partial charge in [0, 0.05) is 18.3 Å². The third-order valence-corrected chi connectivity index (χ3v) is 5.68. The molecule has 0 aromatic heterocycles. The normalized spacial score (nSPS) is 20.0. The predicted molar refractivity (Wildman–Crippen MR) is 108 cm³/mol. The Morgan fingerprint density at radius 3 is 2.50 bits per heavy atom. The first-order chi connectivity index (χ1) is 14.4. The first-order valence-corrected chi connectivity index (χ1v) is 10.1. The molecule has 2 aliphatic rings. The molecule has 2 aromatic carbocycles. The minimum Gasteiger partial charge on any atom is -0.360 e. The van der Waals surface area contributed by atoms with Crippen LogP contribution in [0.1, 0.15) is 23.6 Å². The maximum atomic E-state index is 13.0. The van der Waals surface area contributed by atoms with E-state index >= 15 is 0 Å². The average molecular weight is 417 g/mol. The molecule has 158 valence electrons. The number of halogens is 3. The van der Waals surface area contributed by atoms with E-state index in [1.165, 1.54) is 12.1 Å². The summed E-state index contributed by atoms with van der Waals surface area (Å²) in [5, 5.41) is 5.85. The van der Waals surface area contributed by atoms with Crippen molar-refractivity contribution < 1.29 is 22.9 Å². The maximum absolute atomic E-state index is 13.0.